The summed E-state index contributed by atoms with van der Waals surface area (Å²) in [6.07, 6.45) is -0.610. The SMILES string of the molecule is Cc1cc(C(O)c2ccc3ccccc3c2)sc1Cl. The minimum absolute atomic E-state index is 0.610. The minimum atomic E-state index is -0.610. The topological polar surface area (TPSA) is 20.2 Å². The number of hydrogen-bond donors (Lipinski definition) is 1. The van der Waals surface area contributed by atoms with Crippen LogP contribution in [0.25, 0.3) is 10.8 Å². The fourth-order valence-electron chi connectivity index (χ4n) is 2.16. The van der Waals surface area contributed by atoms with Crippen molar-refractivity contribution in [2.75, 3.05) is 0 Å². The second kappa shape index (κ2) is 4.97. The van der Waals surface area contributed by atoms with Crippen LogP contribution in [0.1, 0.15) is 22.1 Å². The van der Waals surface area contributed by atoms with Gasteiger partial charge < -0.3 is 5.11 Å². The van der Waals surface area contributed by atoms with Gasteiger partial charge in [0.2, 0.25) is 0 Å². The van der Waals surface area contributed by atoms with Crippen molar-refractivity contribution in [3.05, 3.63) is 68.9 Å². The number of aliphatic hydroxyl groups is 1. The van der Waals surface area contributed by atoms with Gasteiger partial charge in [-0.05, 0) is 41.0 Å². The predicted molar refractivity (Wildman–Crippen MR) is 82.1 cm³/mol. The van der Waals surface area contributed by atoms with E-state index in [0.29, 0.717) is 0 Å². The van der Waals surface area contributed by atoms with Gasteiger partial charge in [0.15, 0.2) is 0 Å². The molecule has 96 valence electrons. The van der Waals surface area contributed by atoms with Gasteiger partial charge in [0.05, 0.1) is 4.34 Å². The molecule has 0 spiro atoms. The fraction of sp³-hybridized carbons (Fsp3) is 0.125. The van der Waals surface area contributed by atoms with Crippen molar-refractivity contribution >= 4 is 33.7 Å². The van der Waals surface area contributed by atoms with Crippen LogP contribution in [0, 0.1) is 6.92 Å². The molecule has 0 saturated carbocycles. The average Bonchev–Trinajstić information content (AvgIpc) is 2.77. The van der Waals surface area contributed by atoms with Crippen LogP contribution in [0.4, 0.5) is 0 Å². The van der Waals surface area contributed by atoms with Crippen LogP contribution in [0.5, 0.6) is 0 Å². The Kier molecular flexibility index (Phi) is 3.31. The van der Waals surface area contributed by atoms with Gasteiger partial charge in [-0.15, -0.1) is 11.3 Å². The Labute approximate surface area is 121 Å². The maximum Gasteiger partial charge on any atom is 0.113 e. The second-order valence-electron chi connectivity index (χ2n) is 4.61. The first-order valence-corrected chi connectivity index (χ1v) is 7.27. The largest absolute Gasteiger partial charge is 0.383 e. The number of rotatable bonds is 2. The van der Waals surface area contributed by atoms with E-state index in [2.05, 4.69) is 12.1 Å². The van der Waals surface area contributed by atoms with Crippen LogP contribution >= 0.6 is 22.9 Å². The van der Waals surface area contributed by atoms with Gasteiger partial charge in [-0.3, -0.25) is 0 Å². The zero-order chi connectivity index (χ0) is 13.4. The Balaban J connectivity index is 2.03. The molecule has 3 rings (SSSR count). The minimum Gasteiger partial charge on any atom is -0.383 e. The summed E-state index contributed by atoms with van der Waals surface area (Å²) in [5, 5.41) is 12.8. The normalized spacial score (nSPS) is 12.8. The molecule has 0 aliphatic heterocycles. The van der Waals surface area contributed by atoms with Gasteiger partial charge in [0.1, 0.15) is 6.10 Å². The van der Waals surface area contributed by atoms with E-state index in [-0.39, 0.29) is 0 Å². The summed E-state index contributed by atoms with van der Waals surface area (Å²) >= 11 is 7.50. The summed E-state index contributed by atoms with van der Waals surface area (Å²) < 4.78 is 0.745. The van der Waals surface area contributed by atoms with Crippen molar-refractivity contribution in [3.63, 3.8) is 0 Å². The number of thiophene rings is 1. The second-order valence-corrected chi connectivity index (χ2v) is 6.30. The Morgan fingerprint density at radius 3 is 2.47 bits per heavy atom. The first-order chi connectivity index (χ1) is 9.15. The molecular weight excluding hydrogens is 276 g/mol. The van der Waals surface area contributed by atoms with E-state index in [1.165, 1.54) is 16.7 Å². The molecule has 0 radical (unpaired) electrons. The van der Waals surface area contributed by atoms with E-state index in [1.54, 1.807) is 0 Å². The van der Waals surface area contributed by atoms with Crippen LogP contribution in [-0.4, -0.2) is 5.11 Å². The van der Waals surface area contributed by atoms with Crippen molar-refractivity contribution < 1.29 is 5.11 Å². The third-order valence-corrected chi connectivity index (χ3v) is 4.84. The predicted octanol–water partition coefficient (Wildman–Crippen LogP) is 4.94. The highest BCUT2D eigenvalue weighted by molar-refractivity contribution is 7.16. The molecule has 0 aliphatic carbocycles. The molecule has 1 heterocycles. The lowest BCUT2D eigenvalue weighted by molar-refractivity contribution is 0.224. The van der Waals surface area contributed by atoms with E-state index < -0.39 is 6.10 Å². The lowest BCUT2D eigenvalue weighted by Gasteiger charge is -2.10. The lowest BCUT2D eigenvalue weighted by atomic mass is 10.0. The van der Waals surface area contributed by atoms with Crippen LogP contribution in [0.3, 0.4) is 0 Å². The fourth-order valence-corrected chi connectivity index (χ4v) is 3.39. The number of aliphatic hydroxyl groups excluding tert-OH is 1. The molecule has 1 aromatic heterocycles. The molecular formula is C16H13ClOS. The van der Waals surface area contributed by atoms with Gasteiger partial charge in [0, 0.05) is 4.88 Å². The Morgan fingerprint density at radius 2 is 1.79 bits per heavy atom. The molecule has 19 heavy (non-hydrogen) atoms. The third-order valence-electron chi connectivity index (χ3n) is 3.24. The van der Waals surface area contributed by atoms with E-state index in [9.17, 15) is 5.11 Å². The molecule has 3 heteroatoms. The number of benzene rings is 2. The first kappa shape index (κ1) is 12.7. The Morgan fingerprint density at radius 1 is 1.05 bits per heavy atom. The molecule has 0 amide bonds. The zero-order valence-electron chi connectivity index (χ0n) is 10.4. The van der Waals surface area contributed by atoms with E-state index in [4.69, 9.17) is 11.6 Å². The van der Waals surface area contributed by atoms with Crippen molar-refractivity contribution in [2.24, 2.45) is 0 Å². The van der Waals surface area contributed by atoms with Gasteiger partial charge in [0.25, 0.3) is 0 Å². The highest BCUT2D eigenvalue weighted by Crippen LogP contribution is 2.34. The molecule has 3 aromatic rings. The third kappa shape index (κ3) is 2.39. The Hall–Kier alpha value is -1.35. The molecule has 1 N–H and O–H groups in total. The van der Waals surface area contributed by atoms with E-state index in [0.717, 1.165) is 25.7 Å². The van der Waals surface area contributed by atoms with Gasteiger partial charge in [-0.2, -0.15) is 0 Å². The molecule has 2 aromatic carbocycles. The monoisotopic (exact) mass is 288 g/mol. The molecule has 0 saturated heterocycles. The smallest absolute Gasteiger partial charge is 0.113 e. The quantitative estimate of drug-likeness (QED) is 0.708. The summed E-state index contributed by atoms with van der Waals surface area (Å²) in [5.74, 6) is 0. The number of halogens is 1. The van der Waals surface area contributed by atoms with E-state index in [1.807, 2.05) is 43.3 Å². The summed E-state index contributed by atoms with van der Waals surface area (Å²) in [6, 6.07) is 16.1. The number of fused-ring (bicyclic) bond motifs is 1. The summed E-state index contributed by atoms with van der Waals surface area (Å²) in [6.45, 7) is 1.95. The van der Waals surface area contributed by atoms with Crippen LogP contribution in [-0.2, 0) is 0 Å². The van der Waals surface area contributed by atoms with Gasteiger partial charge >= 0.3 is 0 Å². The Bertz CT molecular complexity index is 713. The van der Waals surface area contributed by atoms with E-state index >= 15 is 0 Å². The van der Waals surface area contributed by atoms with Crippen molar-refractivity contribution in [2.45, 2.75) is 13.0 Å². The maximum atomic E-state index is 10.4. The van der Waals surface area contributed by atoms with Crippen LogP contribution < -0.4 is 0 Å². The molecule has 0 fully saturated rings. The highest BCUT2D eigenvalue weighted by atomic mass is 35.5. The molecule has 1 atom stereocenters. The van der Waals surface area contributed by atoms with Gasteiger partial charge in [-0.25, -0.2) is 0 Å². The van der Waals surface area contributed by atoms with Crippen molar-refractivity contribution in [3.8, 4) is 0 Å². The van der Waals surface area contributed by atoms with Crippen LogP contribution in [0.15, 0.2) is 48.5 Å². The van der Waals surface area contributed by atoms with Crippen molar-refractivity contribution in [1.82, 2.24) is 0 Å². The lowest BCUT2D eigenvalue weighted by Crippen LogP contribution is -1.96. The van der Waals surface area contributed by atoms with Gasteiger partial charge in [-0.1, -0.05) is 48.0 Å². The summed E-state index contributed by atoms with van der Waals surface area (Å²) in [5.41, 5.74) is 1.91. The first-order valence-electron chi connectivity index (χ1n) is 6.08. The standard InChI is InChI=1S/C16H13ClOS/c1-10-8-14(19-16(10)17)15(18)13-7-6-11-4-2-3-5-12(11)9-13/h2-9,15,18H,1H3. The molecule has 1 nitrogen and oxygen atoms in total. The summed E-state index contributed by atoms with van der Waals surface area (Å²) in [4.78, 5) is 0.887. The zero-order valence-corrected chi connectivity index (χ0v) is 12.0. The maximum absolute atomic E-state index is 10.4. The summed E-state index contributed by atoms with van der Waals surface area (Å²) in [7, 11) is 0. The molecule has 1 unspecified atom stereocenters. The molecule has 0 aliphatic rings. The number of hydrogen-bond acceptors (Lipinski definition) is 2. The highest BCUT2D eigenvalue weighted by Gasteiger charge is 2.14. The average molecular weight is 289 g/mol. The number of aryl methyl sites for hydroxylation is 1. The van der Waals surface area contributed by atoms with Crippen LogP contribution in [0.2, 0.25) is 4.34 Å². The molecule has 0 bridgehead atoms. The van der Waals surface area contributed by atoms with Crippen molar-refractivity contribution in [1.29, 1.82) is 0 Å².